The number of hydrogen-bond acceptors (Lipinski definition) is 3. The van der Waals surface area contributed by atoms with Crippen molar-refractivity contribution in [3.05, 3.63) is 0 Å². The second-order valence-electron chi connectivity index (χ2n) is 4.05. The molecule has 1 rings (SSSR count). The molecule has 0 aliphatic heterocycles. The van der Waals surface area contributed by atoms with Crippen LogP contribution in [-0.2, 0) is 0 Å². The van der Waals surface area contributed by atoms with Crippen LogP contribution in [0.1, 0.15) is 39.0 Å². The Labute approximate surface area is 80.2 Å². The second kappa shape index (κ2) is 5.58. The average molecular weight is 187 g/mol. The molecule has 0 saturated heterocycles. The minimum Gasteiger partial charge on any atom is -0.393 e. The molecule has 0 aromatic rings. The molecule has 0 amide bonds. The van der Waals surface area contributed by atoms with Crippen LogP contribution in [-0.4, -0.2) is 35.0 Å². The van der Waals surface area contributed by atoms with Crippen LogP contribution in [0.15, 0.2) is 0 Å². The van der Waals surface area contributed by atoms with Crippen molar-refractivity contribution >= 4 is 0 Å². The summed E-state index contributed by atoms with van der Waals surface area (Å²) in [5, 5.41) is 21.9. The first-order chi connectivity index (χ1) is 6.20. The van der Waals surface area contributed by atoms with Crippen molar-refractivity contribution in [1.29, 1.82) is 0 Å². The van der Waals surface area contributed by atoms with Gasteiger partial charge in [0.1, 0.15) is 0 Å². The molecule has 1 unspecified atom stereocenters. The van der Waals surface area contributed by atoms with Crippen LogP contribution in [0.5, 0.6) is 0 Å². The predicted molar refractivity (Wildman–Crippen MR) is 52.6 cm³/mol. The van der Waals surface area contributed by atoms with E-state index in [-0.39, 0.29) is 18.2 Å². The van der Waals surface area contributed by atoms with Crippen LogP contribution >= 0.6 is 0 Å². The molecule has 3 nitrogen and oxygen atoms in total. The predicted octanol–water partition coefficient (Wildman–Crippen LogP) is 0.650. The van der Waals surface area contributed by atoms with Gasteiger partial charge in [0.15, 0.2) is 0 Å². The van der Waals surface area contributed by atoms with Gasteiger partial charge in [-0.15, -0.1) is 0 Å². The van der Waals surface area contributed by atoms with E-state index in [1.165, 1.54) is 6.42 Å². The van der Waals surface area contributed by atoms with Gasteiger partial charge in [0.05, 0.1) is 12.2 Å². The van der Waals surface area contributed by atoms with E-state index in [9.17, 15) is 5.11 Å². The summed E-state index contributed by atoms with van der Waals surface area (Å²) in [6, 6.07) is 0.257. The molecule has 0 aromatic carbocycles. The maximum absolute atomic E-state index is 9.61. The first-order valence-corrected chi connectivity index (χ1v) is 5.29. The Kier molecular flexibility index (Phi) is 4.70. The molecule has 0 bridgehead atoms. The molecule has 3 N–H and O–H groups in total. The summed E-state index contributed by atoms with van der Waals surface area (Å²) >= 11 is 0. The fraction of sp³-hybridized carbons (Fsp3) is 1.00. The minimum absolute atomic E-state index is 0.178. The number of aliphatic hydroxyl groups excluding tert-OH is 2. The highest BCUT2D eigenvalue weighted by atomic mass is 16.3. The van der Waals surface area contributed by atoms with Crippen molar-refractivity contribution in [2.75, 3.05) is 6.54 Å². The molecule has 3 heteroatoms. The molecule has 0 radical (unpaired) electrons. The molecule has 1 saturated carbocycles. The van der Waals surface area contributed by atoms with Crippen molar-refractivity contribution in [2.45, 2.75) is 57.3 Å². The van der Waals surface area contributed by atoms with E-state index in [0.29, 0.717) is 0 Å². The molecule has 3 atom stereocenters. The Morgan fingerprint density at radius 2 is 2.08 bits per heavy atom. The smallest absolute Gasteiger partial charge is 0.0693 e. The van der Waals surface area contributed by atoms with Crippen LogP contribution in [0, 0.1) is 0 Å². The van der Waals surface area contributed by atoms with Gasteiger partial charge in [0.25, 0.3) is 0 Å². The van der Waals surface area contributed by atoms with Crippen molar-refractivity contribution in [1.82, 2.24) is 5.32 Å². The molecule has 0 spiro atoms. The number of aliphatic hydroxyl groups is 2. The lowest BCUT2D eigenvalue weighted by atomic mass is 9.92. The van der Waals surface area contributed by atoms with E-state index >= 15 is 0 Å². The third-order valence-corrected chi connectivity index (χ3v) is 2.70. The van der Waals surface area contributed by atoms with Gasteiger partial charge in [0.2, 0.25) is 0 Å². The maximum atomic E-state index is 9.61. The monoisotopic (exact) mass is 187 g/mol. The number of hydrogen-bond donors (Lipinski definition) is 3. The molecular weight excluding hydrogens is 166 g/mol. The third-order valence-electron chi connectivity index (χ3n) is 2.70. The second-order valence-corrected chi connectivity index (χ2v) is 4.05. The zero-order valence-corrected chi connectivity index (χ0v) is 8.37. The highest BCUT2D eigenvalue weighted by molar-refractivity contribution is 4.80. The Bertz CT molecular complexity index is 139. The topological polar surface area (TPSA) is 52.5 Å². The van der Waals surface area contributed by atoms with Crippen LogP contribution in [0.25, 0.3) is 0 Å². The lowest BCUT2D eigenvalue weighted by molar-refractivity contribution is 0.0879. The van der Waals surface area contributed by atoms with Crippen molar-refractivity contribution in [3.63, 3.8) is 0 Å². The fourth-order valence-electron chi connectivity index (χ4n) is 1.83. The molecule has 1 aliphatic rings. The molecule has 0 aromatic heterocycles. The van der Waals surface area contributed by atoms with E-state index < -0.39 is 0 Å². The molecule has 13 heavy (non-hydrogen) atoms. The molecule has 1 aliphatic carbocycles. The summed E-state index contributed by atoms with van der Waals surface area (Å²) in [6.45, 7) is 2.60. The number of rotatable bonds is 4. The van der Waals surface area contributed by atoms with Crippen LogP contribution in [0.4, 0.5) is 0 Å². The lowest BCUT2D eigenvalue weighted by Crippen LogP contribution is -2.42. The highest BCUT2D eigenvalue weighted by Crippen LogP contribution is 2.18. The summed E-state index contributed by atoms with van der Waals surface area (Å²) in [6.07, 6.45) is 4.70. The van der Waals surface area contributed by atoms with Crippen LogP contribution in [0.2, 0.25) is 0 Å². The molecule has 78 valence electrons. The van der Waals surface area contributed by atoms with Crippen molar-refractivity contribution < 1.29 is 10.2 Å². The van der Waals surface area contributed by atoms with Gasteiger partial charge in [0, 0.05) is 6.04 Å². The van der Waals surface area contributed by atoms with Gasteiger partial charge in [-0.25, -0.2) is 0 Å². The Morgan fingerprint density at radius 3 is 2.69 bits per heavy atom. The summed E-state index contributed by atoms with van der Waals surface area (Å²) in [4.78, 5) is 0. The first-order valence-electron chi connectivity index (χ1n) is 5.29. The zero-order chi connectivity index (χ0) is 9.68. The first kappa shape index (κ1) is 11.0. The van der Waals surface area contributed by atoms with E-state index in [1.807, 2.05) is 0 Å². The van der Waals surface area contributed by atoms with Gasteiger partial charge in [-0.05, 0) is 32.7 Å². The minimum atomic E-state index is -0.242. The van der Waals surface area contributed by atoms with Crippen LogP contribution in [0.3, 0.4) is 0 Å². The normalized spacial score (nSPS) is 31.6. The third kappa shape index (κ3) is 4.07. The summed E-state index contributed by atoms with van der Waals surface area (Å²) in [5.41, 5.74) is 0. The molecular formula is C10H21NO2. The number of nitrogens with one attached hydrogen (secondary N) is 1. The molecule has 1 fully saturated rings. The summed E-state index contributed by atoms with van der Waals surface area (Å²) in [5.74, 6) is 0. The Balaban J connectivity index is 2.11. The van der Waals surface area contributed by atoms with E-state index in [1.54, 1.807) is 6.92 Å². The summed E-state index contributed by atoms with van der Waals surface area (Å²) < 4.78 is 0. The zero-order valence-electron chi connectivity index (χ0n) is 8.37. The fourth-order valence-corrected chi connectivity index (χ4v) is 1.83. The van der Waals surface area contributed by atoms with Gasteiger partial charge in [-0.1, -0.05) is 12.8 Å². The van der Waals surface area contributed by atoms with Gasteiger partial charge < -0.3 is 15.5 Å². The Hall–Kier alpha value is -0.120. The maximum Gasteiger partial charge on any atom is 0.0693 e. The van der Waals surface area contributed by atoms with E-state index in [4.69, 9.17) is 5.11 Å². The van der Waals surface area contributed by atoms with Crippen molar-refractivity contribution in [2.24, 2.45) is 0 Å². The van der Waals surface area contributed by atoms with Crippen molar-refractivity contribution in [3.8, 4) is 0 Å². The van der Waals surface area contributed by atoms with Gasteiger partial charge in [-0.2, -0.15) is 0 Å². The van der Waals surface area contributed by atoms with E-state index in [0.717, 1.165) is 32.2 Å². The highest BCUT2D eigenvalue weighted by Gasteiger charge is 2.21. The summed E-state index contributed by atoms with van der Waals surface area (Å²) in [7, 11) is 0. The standard InChI is InChI=1S/C10H21NO2/c1-8(12)6-7-11-9-4-2-3-5-10(9)13/h8-13H,2-7H2,1H3/t8?,9-,10-/m0/s1. The SMILES string of the molecule is CC(O)CCN[C@H]1CCCC[C@@H]1O. The lowest BCUT2D eigenvalue weighted by Gasteiger charge is -2.28. The quantitative estimate of drug-likeness (QED) is 0.605. The largest absolute Gasteiger partial charge is 0.393 e. The Morgan fingerprint density at radius 1 is 1.38 bits per heavy atom. The average Bonchev–Trinajstić information content (AvgIpc) is 2.08. The van der Waals surface area contributed by atoms with E-state index in [2.05, 4.69) is 5.32 Å². The van der Waals surface area contributed by atoms with Gasteiger partial charge >= 0.3 is 0 Å². The molecule has 0 heterocycles. The van der Waals surface area contributed by atoms with Gasteiger partial charge in [-0.3, -0.25) is 0 Å². The van der Waals surface area contributed by atoms with Crippen LogP contribution < -0.4 is 5.32 Å².